The van der Waals surface area contributed by atoms with E-state index in [4.69, 9.17) is 27.5 Å². The maximum absolute atomic E-state index is 7.54. The van der Waals surface area contributed by atoms with Gasteiger partial charge < -0.3 is 10.5 Å². The number of ether oxygens (including phenoxy) is 1. The molecule has 2 rings (SSSR count). The molecule has 0 heterocycles. The zero-order valence-corrected chi connectivity index (χ0v) is 11.4. The maximum Gasteiger partial charge on any atom is 0.130 e. The van der Waals surface area contributed by atoms with Crippen LogP contribution in [0.15, 0.2) is 42.5 Å². The molecule has 0 amide bonds. The second-order valence-electron chi connectivity index (χ2n) is 4.29. The van der Waals surface area contributed by atoms with Crippen molar-refractivity contribution in [2.75, 3.05) is 0 Å². The first-order chi connectivity index (χ1) is 9.08. The molecule has 0 bridgehead atoms. The molecule has 0 aromatic heterocycles. The predicted octanol–water partition coefficient (Wildman–Crippen LogP) is 3.51. The number of hydrogen-bond donors (Lipinski definition) is 2. The monoisotopic (exact) mass is 274 g/mol. The molecule has 0 saturated heterocycles. The number of amidine groups is 1. The first-order valence-corrected chi connectivity index (χ1v) is 6.27. The Kier molecular flexibility index (Phi) is 4.07. The molecular weight excluding hydrogens is 260 g/mol. The van der Waals surface area contributed by atoms with Crippen LogP contribution in [0.3, 0.4) is 0 Å². The largest absolute Gasteiger partial charge is 0.488 e. The molecule has 2 aromatic carbocycles. The third-order valence-electron chi connectivity index (χ3n) is 2.77. The van der Waals surface area contributed by atoms with Gasteiger partial charge in [0.2, 0.25) is 0 Å². The van der Waals surface area contributed by atoms with Crippen LogP contribution in [0.5, 0.6) is 5.75 Å². The van der Waals surface area contributed by atoms with Crippen molar-refractivity contribution in [2.45, 2.75) is 13.5 Å². The number of halogens is 1. The van der Waals surface area contributed by atoms with Crippen molar-refractivity contribution in [2.24, 2.45) is 5.73 Å². The van der Waals surface area contributed by atoms with E-state index in [1.165, 1.54) is 0 Å². The Morgan fingerprint density at radius 2 is 2.00 bits per heavy atom. The molecule has 98 valence electrons. The second-order valence-corrected chi connectivity index (χ2v) is 4.70. The molecule has 4 heteroatoms. The normalized spacial score (nSPS) is 10.2. The van der Waals surface area contributed by atoms with Crippen molar-refractivity contribution >= 4 is 17.4 Å². The van der Waals surface area contributed by atoms with Crippen LogP contribution in [0.4, 0.5) is 0 Å². The molecule has 3 nitrogen and oxygen atoms in total. The SMILES string of the molecule is Cc1ccc(C(=N)N)c(OCc2ccccc2Cl)c1. The molecule has 0 unspecified atom stereocenters. The van der Waals surface area contributed by atoms with Gasteiger partial charge in [-0.05, 0) is 30.7 Å². The van der Waals surface area contributed by atoms with Gasteiger partial charge in [0.1, 0.15) is 18.2 Å². The van der Waals surface area contributed by atoms with Gasteiger partial charge in [-0.15, -0.1) is 0 Å². The van der Waals surface area contributed by atoms with Crippen molar-refractivity contribution in [1.82, 2.24) is 0 Å². The topological polar surface area (TPSA) is 59.1 Å². The maximum atomic E-state index is 7.54. The fourth-order valence-corrected chi connectivity index (χ4v) is 1.93. The lowest BCUT2D eigenvalue weighted by atomic mass is 10.1. The summed E-state index contributed by atoms with van der Waals surface area (Å²) in [6.07, 6.45) is 0. The minimum Gasteiger partial charge on any atom is -0.488 e. The van der Waals surface area contributed by atoms with Gasteiger partial charge in [0.15, 0.2) is 0 Å². The van der Waals surface area contributed by atoms with Gasteiger partial charge in [-0.1, -0.05) is 35.9 Å². The van der Waals surface area contributed by atoms with Gasteiger partial charge in [-0.25, -0.2) is 0 Å². The zero-order valence-electron chi connectivity index (χ0n) is 10.6. The number of nitrogen functional groups attached to an aromatic ring is 1. The highest BCUT2D eigenvalue weighted by Gasteiger charge is 2.08. The van der Waals surface area contributed by atoms with Crippen LogP contribution in [0, 0.1) is 12.3 Å². The van der Waals surface area contributed by atoms with Crippen molar-refractivity contribution in [3.05, 3.63) is 64.2 Å². The van der Waals surface area contributed by atoms with E-state index in [-0.39, 0.29) is 5.84 Å². The molecular formula is C15H15ClN2O. The van der Waals surface area contributed by atoms with Crippen molar-refractivity contribution < 1.29 is 4.74 Å². The lowest BCUT2D eigenvalue weighted by Crippen LogP contribution is -2.13. The number of hydrogen-bond acceptors (Lipinski definition) is 2. The average Bonchev–Trinajstić information content (AvgIpc) is 2.37. The number of rotatable bonds is 4. The minimum absolute atomic E-state index is 0.00541. The van der Waals surface area contributed by atoms with E-state index in [9.17, 15) is 0 Å². The van der Waals surface area contributed by atoms with E-state index in [1.54, 1.807) is 6.07 Å². The Labute approximate surface area is 117 Å². The number of nitrogens with two attached hydrogens (primary N) is 1. The second kappa shape index (κ2) is 5.76. The highest BCUT2D eigenvalue weighted by molar-refractivity contribution is 6.31. The number of aryl methyl sites for hydroxylation is 1. The Bertz CT molecular complexity index is 611. The molecule has 2 aromatic rings. The Hall–Kier alpha value is -2.00. The van der Waals surface area contributed by atoms with Crippen LogP contribution in [-0.2, 0) is 6.61 Å². The van der Waals surface area contributed by atoms with Crippen LogP contribution >= 0.6 is 11.6 Å². The summed E-state index contributed by atoms with van der Waals surface area (Å²) >= 11 is 6.08. The lowest BCUT2D eigenvalue weighted by molar-refractivity contribution is 0.305. The minimum atomic E-state index is -0.00541. The van der Waals surface area contributed by atoms with Crippen LogP contribution < -0.4 is 10.5 Å². The van der Waals surface area contributed by atoms with E-state index in [2.05, 4.69) is 0 Å². The van der Waals surface area contributed by atoms with Gasteiger partial charge in [-0.2, -0.15) is 0 Å². The van der Waals surface area contributed by atoms with E-state index < -0.39 is 0 Å². The van der Waals surface area contributed by atoms with Crippen LogP contribution in [0.25, 0.3) is 0 Å². The summed E-state index contributed by atoms with van der Waals surface area (Å²) in [5.41, 5.74) is 8.09. The quantitative estimate of drug-likeness (QED) is 0.662. The van der Waals surface area contributed by atoms with Crippen LogP contribution in [0.2, 0.25) is 5.02 Å². The molecule has 0 saturated carbocycles. The first-order valence-electron chi connectivity index (χ1n) is 5.89. The van der Waals surface area contributed by atoms with Gasteiger partial charge in [0.25, 0.3) is 0 Å². The number of nitrogens with one attached hydrogen (secondary N) is 1. The molecule has 0 spiro atoms. The highest BCUT2D eigenvalue weighted by Crippen LogP contribution is 2.23. The molecule has 19 heavy (non-hydrogen) atoms. The molecule has 0 aliphatic rings. The molecule has 0 fully saturated rings. The number of benzene rings is 2. The molecule has 0 atom stereocenters. The van der Waals surface area contributed by atoms with E-state index in [0.29, 0.717) is 22.9 Å². The van der Waals surface area contributed by atoms with Crippen molar-refractivity contribution in [1.29, 1.82) is 5.41 Å². The third kappa shape index (κ3) is 3.26. The smallest absolute Gasteiger partial charge is 0.130 e. The van der Waals surface area contributed by atoms with Crippen molar-refractivity contribution in [3.8, 4) is 5.75 Å². The van der Waals surface area contributed by atoms with Crippen LogP contribution in [-0.4, -0.2) is 5.84 Å². The predicted molar refractivity (Wildman–Crippen MR) is 78.0 cm³/mol. The average molecular weight is 275 g/mol. The van der Waals surface area contributed by atoms with E-state index >= 15 is 0 Å². The Morgan fingerprint density at radius 1 is 1.26 bits per heavy atom. The molecule has 0 radical (unpaired) electrons. The molecule has 3 N–H and O–H groups in total. The van der Waals surface area contributed by atoms with Gasteiger partial charge in [0, 0.05) is 10.6 Å². The lowest BCUT2D eigenvalue weighted by Gasteiger charge is -2.12. The summed E-state index contributed by atoms with van der Waals surface area (Å²) in [6, 6.07) is 13.1. The van der Waals surface area contributed by atoms with E-state index in [1.807, 2.05) is 43.3 Å². The fourth-order valence-electron chi connectivity index (χ4n) is 1.74. The van der Waals surface area contributed by atoms with Gasteiger partial charge >= 0.3 is 0 Å². The van der Waals surface area contributed by atoms with Gasteiger partial charge in [0.05, 0.1) is 5.56 Å². The fraction of sp³-hybridized carbons (Fsp3) is 0.133. The summed E-state index contributed by atoms with van der Waals surface area (Å²) in [5, 5.41) is 8.21. The third-order valence-corrected chi connectivity index (χ3v) is 3.14. The van der Waals surface area contributed by atoms with Gasteiger partial charge in [-0.3, -0.25) is 5.41 Å². The summed E-state index contributed by atoms with van der Waals surface area (Å²) in [7, 11) is 0. The first kappa shape index (κ1) is 13.4. The Balaban J connectivity index is 2.22. The molecule has 0 aliphatic heterocycles. The summed E-state index contributed by atoms with van der Waals surface area (Å²) < 4.78 is 5.74. The summed E-state index contributed by atoms with van der Waals surface area (Å²) in [5.74, 6) is 0.599. The van der Waals surface area contributed by atoms with Crippen LogP contribution in [0.1, 0.15) is 16.7 Å². The molecule has 0 aliphatic carbocycles. The Morgan fingerprint density at radius 3 is 2.68 bits per heavy atom. The highest BCUT2D eigenvalue weighted by atomic mass is 35.5. The zero-order chi connectivity index (χ0) is 13.8. The summed E-state index contributed by atoms with van der Waals surface area (Å²) in [6.45, 7) is 2.32. The standard InChI is InChI=1S/C15H15ClN2O/c1-10-6-7-12(15(17)18)14(8-10)19-9-11-4-2-3-5-13(11)16/h2-8H,9H2,1H3,(H3,17,18). The van der Waals surface area contributed by atoms with E-state index in [0.717, 1.165) is 11.1 Å². The summed E-state index contributed by atoms with van der Waals surface area (Å²) in [4.78, 5) is 0. The van der Waals surface area contributed by atoms with Crippen molar-refractivity contribution in [3.63, 3.8) is 0 Å².